The number of furan rings is 1. The SMILES string of the molecule is CCc1c(C)nc(-c2ccc(C3CC3C)o2)nc1Cl. The zero-order valence-electron chi connectivity index (χ0n) is 11.4. The van der Waals surface area contributed by atoms with E-state index in [4.69, 9.17) is 16.0 Å². The van der Waals surface area contributed by atoms with E-state index in [0.29, 0.717) is 22.7 Å². The Balaban J connectivity index is 1.95. The summed E-state index contributed by atoms with van der Waals surface area (Å²) in [6, 6.07) is 3.97. The highest BCUT2D eigenvalue weighted by molar-refractivity contribution is 6.30. The van der Waals surface area contributed by atoms with Crippen LogP contribution in [0.5, 0.6) is 0 Å². The molecule has 2 atom stereocenters. The quantitative estimate of drug-likeness (QED) is 0.781. The molecule has 1 fully saturated rings. The molecule has 0 saturated heterocycles. The van der Waals surface area contributed by atoms with Crippen LogP contribution in [0.2, 0.25) is 5.15 Å². The van der Waals surface area contributed by atoms with Crippen LogP contribution in [0.25, 0.3) is 11.6 Å². The normalized spacial score (nSPS) is 21.7. The first-order valence-corrected chi connectivity index (χ1v) is 7.11. The van der Waals surface area contributed by atoms with E-state index >= 15 is 0 Å². The third-order valence-electron chi connectivity index (χ3n) is 3.84. The Bertz CT molecular complexity index is 597. The fourth-order valence-corrected chi connectivity index (χ4v) is 2.81. The maximum absolute atomic E-state index is 6.20. The number of hydrogen-bond donors (Lipinski definition) is 0. The van der Waals surface area contributed by atoms with Crippen molar-refractivity contribution in [2.75, 3.05) is 0 Å². The highest BCUT2D eigenvalue weighted by Gasteiger charge is 2.36. The lowest BCUT2D eigenvalue weighted by Crippen LogP contribution is -1.98. The second-order valence-electron chi connectivity index (χ2n) is 5.28. The van der Waals surface area contributed by atoms with Gasteiger partial charge in [0, 0.05) is 17.2 Å². The molecule has 1 aliphatic carbocycles. The van der Waals surface area contributed by atoms with Gasteiger partial charge >= 0.3 is 0 Å². The Morgan fingerprint density at radius 2 is 2.11 bits per heavy atom. The minimum absolute atomic E-state index is 0.530. The van der Waals surface area contributed by atoms with Gasteiger partial charge in [-0.25, -0.2) is 9.97 Å². The molecule has 0 radical (unpaired) electrons. The summed E-state index contributed by atoms with van der Waals surface area (Å²) in [4.78, 5) is 8.85. The minimum atomic E-state index is 0.530. The smallest absolute Gasteiger partial charge is 0.197 e. The molecule has 0 amide bonds. The van der Waals surface area contributed by atoms with Gasteiger partial charge in [0.1, 0.15) is 10.9 Å². The molecule has 0 aliphatic heterocycles. The van der Waals surface area contributed by atoms with E-state index in [9.17, 15) is 0 Å². The fraction of sp³-hybridized carbons (Fsp3) is 0.467. The first-order chi connectivity index (χ1) is 9.10. The zero-order chi connectivity index (χ0) is 13.6. The van der Waals surface area contributed by atoms with Crippen LogP contribution in [0, 0.1) is 12.8 Å². The largest absolute Gasteiger partial charge is 0.457 e. The van der Waals surface area contributed by atoms with E-state index in [1.54, 1.807) is 0 Å². The van der Waals surface area contributed by atoms with Gasteiger partial charge < -0.3 is 4.42 Å². The number of aromatic nitrogens is 2. The average Bonchev–Trinajstić information content (AvgIpc) is 2.91. The van der Waals surface area contributed by atoms with Crippen LogP contribution in [0.1, 0.15) is 43.2 Å². The van der Waals surface area contributed by atoms with Crippen LogP contribution in [-0.4, -0.2) is 9.97 Å². The van der Waals surface area contributed by atoms with E-state index in [2.05, 4.69) is 23.8 Å². The highest BCUT2D eigenvalue weighted by Crippen LogP contribution is 2.47. The average molecular weight is 277 g/mol. The number of halogens is 1. The fourth-order valence-electron chi connectivity index (χ4n) is 2.46. The molecule has 100 valence electrons. The Hall–Kier alpha value is -1.35. The van der Waals surface area contributed by atoms with Crippen molar-refractivity contribution in [3.63, 3.8) is 0 Å². The molecule has 3 nitrogen and oxygen atoms in total. The molecule has 1 aliphatic rings. The minimum Gasteiger partial charge on any atom is -0.457 e. The van der Waals surface area contributed by atoms with Crippen molar-refractivity contribution in [3.8, 4) is 11.6 Å². The standard InChI is InChI=1S/C15H17ClN2O/c1-4-10-9(3)17-15(18-14(10)16)13-6-5-12(19-13)11-7-8(11)2/h5-6,8,11H,4,7H2,1-3H3. The van der Waals surface area contributed by atoms with Crippen molar-refractivity contribution < 1.29 is 4.42 Å². The van der Waals surface area contributed by atoms with Gasteiger partial charge in [0.15, 0.2) is 11.6 Å². The number of rotatable bonds is 3. The molecule has 0 aromatic carbocycles. The Morgan fingerprint density at radius 3 is 2.68 bits per heavy atom. The van der Waals surface area contributed by atoms with Crippen molar-refractivity contribution in [3.05, 3.63) is 34.3 Å². The summed E-state index contributed by atoms with van der Waals surface area (Å²) < 4.78 is 5.86. The third-order valence-corrected chi connectivity index (χ3v) is 4.15. The van der Waals surface area contributed by atoms with Crippen LogP contribution in [0.4, 0.5) is 0 Å². The Labute approximate surface area is 118 Å². The monoisotopic (exact) mass is 276 g/mol. The second kappa shape index (κ2) is 4.64. The predicted octanol–water partition coefficient (Wildman–Crippen LogP) is 4.38. The summed E-state index contributed by atoms with van der Waals surface area (Å²) in [5.74, 6) is 3.63. The molecule has 4 heteroatoms. The summed E-state index contributed by atoms with van der Waals surface area (Å²) in [6.07, 6.45) is 2.05. The molecule has 19 heavy (non-hydrogen) atoms. The van der Waals surface area contributed by atoms with Crippen molar-refractivity contribution >= 4 is 11.6 Å². The van der Waals surface area contributed by atoms with E-state index < -0.39 is 0 Å². The molecule has 2 heterocycles. The van der Waals surface area contributed by atoms with Crippen molar-refractivity contribution in [2.24, 2.45) is 5.92 Å². The van der Waals surface area contributed by atoms with Crippen LogP contribution >= 0.6 is 11.6 Å². The van der Waals surface area contributed by atoms with Crippen molar-refractivity contribution in [2.45, 2.75) is 39.5 Å². The second-order valence-corrected chi connectivity index (χ2v) is 5.64. The van der Waals surface area contributed by atoms with Gasteiger partial charge in [-0.1, -0.05) is 25.4 Å². The summed E-state index contributed by atoms with van der Waals surface area (Å²) in [5, 5.41) is 0.530. The highest BCUT2D eigenvalue weighted by atomic mass is 35.5. The maximum Gasteiger partial charge on any atom is 0.197 e. The van der Waals surface area contributed by atoms with Gasteiger partial charge in [-0.3, -0.25) is 0 Å². The first-order valence-electron chi connectivity index (χ1n) is 6.73. The zero-order valence-corrected chi connectivity index (χ0v) is 12.2. The third kappa shape index (κ3) is 2.27. The van der Waals surface area contributed by atoms with Crippen LogP contribution in [0.15, 0.2) is 16.5 Å². The maximum atomic E-state index is 6.20. The Kier molecular flexibility index (Phi) is 3.09. The van der Waals surface area contributed by atoms with Gasteiger partial charge in [-0.15, -0.1) is 0 Å². The topological polar surface area (TPSA) is 38.9 Å². The number of aryl methyl sites for hydroxylation is 1. The molecule has 0 spiro atoms. The van der Waals surface area contributed by atoms with Crippen LogP contribution in [0.3, 0.4) is 0 Å². The molecule has 0 N–H and O–H groups in total. The molecule has 2 aromatic heterocycles. The lowest BCUT2D eigenvalue weighted by molar-refractivity contribution is 0.514. The molecule has 2 unspecified atom stereocenters. The molecule has 0 bridgehead atoms. The summed E-state index contributed by atoms with van der Waals surface area (Å²) in [5.41, 5.74) is 1.93. The molecule has 1 saturated carbocycles. The van der Waals surface area contributed by atoms with Gasteiger partial charge in [0.2, 0.25) is 0 Å². The first kappa shape index (κ1) is 12.7. The number of hydrogen-bond acceptors (Lipinski definition) is 3. The van der Waals surface area contributed by atoms with Gasteiger partial charge in [-0.05, 0) is 37.8 Å². The molecule has 3 rings (SSSR count). The van der Waals surface area contributed by atoms with Crippen molar-refractivity contribution in [1.82, 2.24) is 9.97 Å². The predicted molar refractivity (Wildman–Crippen MR) is 75.4 cm³/mol. The lowest BCUT2D eigenvalue weighted by atomic mass is 10.2. The molecule has 2 aromatic rings. The summed E-state index contributed by atoms with van der Waals surface area (Å²) in [6.45, 7) is 6.25. The molecular formula is C15H17ClN2O. The van der Waals surface area contributed by atoms with Gasteiger partial charge in [-0.2, -0.15) is 0 Å². The summed E-state index contributed by atoms with van der Waals surface area (Å²) >= 11 is 6.20. The van der Waals surface area contributed by atoms with Gasteiger partial charge in [0.05, 0.1) is 0 Å². The van der Waals surface area contributed by atoms with Crippen LogP contribution in [-0.2, 0) is 6.42 Å². The lowest BCUT2D eigenvalue weighted by Gasteiger charge is -2.06. The Morgan fingerprint density at radius 1 is 1.37 bits per heavy atom. The van der Waals surface area contributed by atoms with E-state index in [1.807, 2.05) is 19.1 Å². The van der Waals surface area contributed by atoms with Gasteiger partial charge in [0.25, 0.3) is 0 Å². The van der Waals surface area contributed by atoms with E-state index in [0.717, 1.165) is 29.4 Å². The number of nitrogens with zero attached hydrogens (tertiary/aromatic N) is 2. The van der Waals surface area contributed by atoms with Crippen LogP contribution < -0.4 is 0 Å². The van der Waals surface area contributed by atoms with E-state index in [1.165, 1.54) is 6.42 Å². The van der Waals surface area contributed by atoms with E-state index in [-0.39, 0.29) is 0 Å². The van der Waals surface area contributed by atoms with Crippen molar-refractivity contribution in [1.29, 1.82) is 0 Å². The summed E-state index contributed by atoms with van der Waals surface area (Å²) in [7, 11) is 0. The molecular weight excluding hydrogens is 260 g/mol.